The molecule has 11 heteroatoms. The highest BCUT2D eigenvalue weighted by molar-refractivity contribution is 5.87. The van der Waals surface area contributed by atoms with Crippen molar-refractivity contribution in [3.8, 4) is 0 Å². The Kier molecular flexibility index (Phi) is 5.90. The van der Waals surface area contributed by atoms with Crippen molar-refractivity contribution in [1.82, 2.24) is 19.7 Å². The molecule has 1 aromatic carbocycles. The van der Waals surface area contributed by atoms with E-state index in [4.69, 9.17) is 0 Å². The monoisotopic (exact) mass is 446 g/mol. The maximum Gasteiger partial charge on any atom is 0.451 e. The first-order chi connectivity index (χ1) is 14.3. The van der Waals surface area contributed by atoms with Crippen LogP contribution in [0.3, 0.4) is 0 Å². The number of hydrogen-bond donors (Lipinski definition) is 0. The maximum atomic E-state index is 14.3. The molecule has 1 atom stereocenters. The molecule has 0 N–H and O–H groups in total. The van der Waals surface area contributed by atoms with Gasteiger partial charge in [-0.05, 0) is 23.1 Å². The van der Waals surface area contributed by atoms with E-state index in [9.17, 15) is 31.1 Å². The smallest absolute Gasteiger partial charge is 0.330 e. The third kappa shape index (κ3) is 4.75. The van der Waals surface area contributed by atoms with Gasteiger partial charge in [-0.15, -0.1) is 10.2 Å². The fourth-order valence-corrected chi connectivity index (χ4v) is 3.47. The topological polar surface area (TPSA) is 51.0 Å². The minimum absolute atomic E-state index is 0.000605. The number of halogens is 6. The van der Waals surface area contributed by atoms with E-state index >= 15 is 0 Å². The van der Waals surface area contributed by atoms with Gasteiger partial charge in [-0.25, -0.2) is 13.2 Å². The number of benzene rings is 1. The van der Waals surface area contributed by atoms with E-state index in [1.165, 1.54) is 11.0 Å². The van der Waals surface area contributed by atoms with Crippen LogP contribution >= 0.6 is 0 Å². The minimum Gasteiger partial charge on any atom is -0.330 e. The number of nitrogens with zero attached hydrogens (tertiary/aromatic N) is 4. The summed E-state index contributed by atoms with van der Waals surface area (Å²) in [5, 5.41) is 6.67. The molecule has 2 heterocycles. The second-order valence-corrected chi connectivity index (χ2v) is 8.34. The molecule has 2 aromatic rings. The minimum atomic E-state index is -4.65. The normalized spacial score (nSPS) is 16.0. The summed E-state index contributed by atoms with van der Waals surface area (Å²) in [5.41, 5.74) is -0.755. The predicted molar refractivity (Wildman–Crippen MR) is 98.1 cm³/mol. The van der Waals surface area contributed by atoms with E-state index in [1.807, 2.05) is 0 Å². The van der Waals surface area contributed by atoms with Gasteiger partial charge in [-0.3, -0.25) is 4.79 Å². The van der Waals surface area contributed by atoms with E-state index in [1.54, 1.807) is 20.8 Å². The molecule has 5 nitrogen and oxygen atoms in total. The van der Waals surface area contributed by atoms with Crippen LogP contribution in [0.15, 0.2) is 24.3 Å². The molecule has 1 aliphatic rings. The van der Waals surface area contributed by atoms with Crippen LogP contribution in [-0.4, -0.2) is 32.1 Å². The molecule has 0 spiro atoms. The number of aromatic nitrogens is 3. The molecule has 0 fully saturated rings. The lowest BCUT2D eigenvalue weighted by Crippen LogP contribution is -2.38. The van der Waals surface area contributed by atoms with Gasteiger partial charge in [0.1, 0.15) is 5.82 Å². The zero-order valence-corrected chi connectivity index (χ0v) is 17.0. The van der Waals surface area contributed by atoms with Gasteiger partial charge in [0.2, 0.25) is 11.7 Å². The van der Waals surface area contributed by atoms with Gasteiger partial charge in [0.15, 0.2) is 17.5 Å². The lowest BCUT2D eigenvalue weighted by atomic mass is 9.76. The summed E-state index contributed by atoms with van der Waals surface area (Å²) in [5.74, 6) is -5.88. The summed E-state index contributed by atoms with van der Waals surface area (Å²) in [6, 6.07) is 1.21. The zero-order valence-electron chi connectivity index (χ0n) is 17.0. The molecule has 3 rings (SSSR count). The first-order valence-electron chi connectivity index (χ1n) is 9.40. The largest absolute Gasteiger partial charge is 0.451 e. The van der Waals surface area contributed by atoms with Crippen molar-refractivity contribution in [2.75, 3.05) is 6.54 Å². The van der Waals surface area contributed by atoms with Crippen LogP contribution in [0.5, 0.6) is 0 Å². The summed E-state index contributed by atoms with van der Waals surface area (Å²) in [6.07, 6.45) is -2.10. The van der Waals surface area contributed by atoms with E-state index < -0.39 is 46.7 Å². The Morgan fingerprint density at radius 3 is 2.29 bits per heavy atom. The van der Waals surface area contributed by atoms with Crippen molar-refractivity contribution in [2.24, 2.45) is 5.41 Å². The summed E-state index contributed by atoms with van der Waals surface area (Å²) in [4.78, 5) is 13.9. The number of carbonyl (C=O) groups is 1. The van der Waals surface area contributed by atoms with Crippen molar-refractivity contribution in [1.29, 1.82) is 0 Å². The van der Waals surface area contributed by atoms with Crippen LogP contribution in [-0.2, 0) is 24.1 Å². The van der Waals surface area contributed by atoms with E-state index in [0.717, 1.165) is 16.7 Å². The van der Waals surface area contributed by atoms with E-state index in [-0.39, 0.29) is 31.0 Å². The van der Waals surface area contributed by atoms with Crippen LogP contribution in [0.1, 0.15) is 43.9 Å². The zero-order chi connectivity index (χ0) is 23.1. The van der Waals surface area contributed by atoms with Crippen LogP contribution in [0.2, 0.25) is 0 Å². The summed E-state index contributed by atoms with van der Waals surface area (Å²) in [6.45, 7) is 4.93. The average molecular weight is 446 g/mol. The molecule has 168 valence electrons. The standard InChI is InChI=1S/C20H20F6N4O/c1-19(2,3)12(11-8-14(22)15(23)9-13(11)21)4-5-17(31)29-6-7-30-16(10-29)27-28-18(30)20(24,25)26/h4-5,8-9,12H,6-7,10H2,1-3H3. The second-order valence-electron chi connectivity index (χ2n) is 8.34. The number of amides is 1. The SMILES string of the molecule is CC(C)(C)C(C=CC(=O)N1CCn2c(nnc2C(F)(F)F)C1)c1cc(F)c(F)cc1F. The average Bonchev–Trinajstić information content (AvgIpc) is 3.08. The van der Waals surface area contributed by atoms with Gasteiger partial charge >= 0.3 is 6.18 Å². The number of rotatable bonds is 3. The van der Waals surface area contributed by atoms with Gasteiger partial charge in [-0.2, -0.15) is 13.2 Å². The molecule has 1 amide bonds. The van der Waals surface area contributed by atoms with Crippen LogP contribution in [0.4, 0.5) is 26.3 Å². The molecule has 1 aromatic heterocycles. The van der Waals surface area contributed by atoms with Gasteiger partial charge in [0, 0.05) is 25.1 Å². The van der Waals surface area contributed by atoms with E-state index in [2.05, 4.69) is 10.2 Å². The Morgan fingerprint density at radius 1 is 1.03 bits per heavy atom. The number of allylic oxidation sites excluding steroid dienone is 1. The molecule has 0 aliphatic carbocycles. The third-order valence-electron chi connectivity index (χ3n) is 5.06. The Hall–Kier alpha value is -2.85. The highest BCUT2D eigenvalue weighted by Gasteiger charge is 2.39. The number of carbonyl (C=O) groups excluding carboxylic acids is 1. The van der Waals surface area contributed by atoms with Crippen molar-refractivity contribution in [2.45, 2.75) is 46.0 Å². The second kappa shape index (κ2) is 8.01. The molecule has 1 unspecified atom stereocenters. The first-order valence-corrected chi connectivity index (χ1v) is 9.40. The molecular weight excluding hydrogens is 426 g/mol. The lowest BCUT2D eigenvalue weighted by Gasteiger charge is -2.30. The maximum absolute atomic E-state index is 14.3. The molecule has 0 saturated heterocycles. The number of alkyl halides is 3. The highest BCUT2D eigenvalue weighted by atomic mass is 19.4. The summed E-state index contributed by atoms with van der Waals surface area (Å²) >= 11 is 0. The highest BCUT2D eigenvalue weighted by Crippen LogP contribution is 2.38. The molecule has 0 bridgehead atoms. The third-order valence-corrected chi connectivity index (χ3v) is 5.06. The van der Waals surface area contributed by atoms with Gasteiger partial charge < -0.3 is 9.47 Å². The predicted octanol–water partition coefficient (Wildman–Crippen LogP) is 4.44. The Morgan fingerprint density at radius 2 is 1.68 bits per heavy atom. The van der Waals surface area contributed by atoms with Gasteiger partial charge in [-0.1, -0.05) is 26.8 Å². The molecular formula is C20H20F6N4O. The molecule has 0 saturated carbocycles. The lowest BCUT2D eigenvalue weighted by molar-refractivity contribution is -0.148. The first kappa shape index (κ1) is 22.8. The number of hydrogen-bond acceptors (Lipinski definition) is 3. The van der Waals surface area contributed by atoms with Crippen molar-refractivity contribution >= 4 is 5.91 Å². The van der Waals surface area contributed by atoms with Gasteiger partial charge in [0.25, 0.3) is 0 Å². The Bertz CT molecular complexity index is 1020. The quantitative estimate of drug-likeness (QED) is 0.398. The fraction of sp³-hybridized carbons (Fsp3) is 0.450. The fourth-order valence-electron chi connectivity index (χ4n) is 3.47. The molecule has 1 aliphatic heterocycles. The Balaban J connectivity index is 1.82. The van der Waals surface area contributed by atoms with Crippen LogP contribution < -0.4 is 0 Å². The van der Waals surface area contributed by atoms with Crippen molar-refractivity contribution in [3.05, 3.63) is 58.9 Å². The number of fused-ring (bicyclic) bond motifs is 1. The van der Waals surface area contributed by atoms with Crippen molar-refractivity contribution < 1.29 is 31.1 Å². The molecule has 31 heavy (non-hydrogen) atoms. The van der Waals surface area contributed by atoms with Crippen LogP contribution in [0.25, 0.3) is 0 Å². The summed E-state index contributed by atoms with van der Waals surface area (Å²) in [7, 11) is 0. The molecule has 0 radical (unpaired) electrons. The van der Waals surface area contributed by atoms with Crippen LogP contribution in [0, 0.1) is 22.9 Å². The summed E-state index contributed by atoms with van der Waals surface area (Å²) < 4.78 is 81.0. The van der Waals surface area contributed by atoms with E-state index in [0.29, 0.717) is 6.07 Å². The van der Waals surface area contributed by atoms with Crippen molar-refractivity contribution in [3.63, 3.8) is 0 Å². The van der Waals surface area contributed by atoms with Gasteiger partial charge in [0.05, 0.1) is 6.54 Å². The Labute approximate surface area is 174 Å².